The van der Waals surface area contributed by atoms with Crippen LogP contribution in [0.15, 0.2) is 41.9 Å². The Balaban J connectivity index is 1.29. The maximum atomic E-state index is 13.9. The first kappa shape index (κ1) is 26.4. The van der Waals surface area contributed by atoms with Crippen LogP contribution >= 0.6 is 11.3 Å². The molecular formula is C30H33N5O4S. The molecule has 0 spiro atoms. The fourth-order valence-corrected chi connectivity index (χ4v) is 6.83. The van der Waals surface area contributed by atoms with Crippen molar-refractivity contribution in [2.45, 2.75) is 64.0 Å². The summed E-state index contributed by atoms with van der Waals surface area (Å²) in [4.78, 5) is 50.7. The third kappa shape index (κ3) is 5.45. The minimum atomic E-state index is -0.928. The molecule has 2 N–H and O–H groups in total. The first-order chi connectivity index (χ1) is 19.4. The number of nitrogens with one attached hydrogen (secondary N) is 1. The van der Waals surface area contributed by atoms with Gasteiger partial charge in [0.1, 0.15) is 0 Å². The average molecular weight is 560 g/mol. The number of hydrogen-bond donors (Lipinski definition) is 2. The lowest BCUT2D eigenvalue weighted by Gasteiger charge is -2.26. The van der Waals surface area contributed by atoms with E-state index in [9.17, 15) is 19.5 Å². The number of hydrogen-bond acceptors (Lipinski definition) is 6. The van der Waals surface area contributed by atoms with E-state index < -0.39 is 11.9 Å². The van der Waals surface area contributed by atoms with Gasteiger partial charge in [0.2, 0.25) is 5.91 Å². The Morgan fingerprint density at radius 2 is 1.93 bits per heavy atom. The molecule has 3 aliphatic rings. The lowest BCUT2D eigenvalue weighted by molar-refractivity contribution is -0.141. The number of carboxylic acid groups (broad SMARTS) is 1. The van der Waals surface area contributed by atoms with E-state index in [1.807, 2.05) is 41.9 Å². The number of carboxylic acids is 1. The lowest BCUT2D eigenvalue weighted by atomic mass is 9.90. The zero-order valence-electron chi connectivity index (χ0n) is 22.5. The Bertz CT molecular complexity index is 1450. The molecule has 3 amide bonds. The summed E-state index contributed by atoms with van der Waals surface area (Å²) in [5, 5.41) is 15.1. The van der Waals surface area contributed by atoms with Crippen LogP contribution in [-0.2, 0) is 16.1 Å². The summed E-state index contributed by atoms with van der Waals surface area (Å²) in [6.07, 6.45) is 8.57. The Kier molecular flexibility index (Phi) is 7.27. The van der Waals surface area contributed by atoms with Gasteiger partial charge >= 0.3 is 12.0 Å². The normalized spacial score (nSPS) is 17.8. The smallest absolute Gasteiger partial charge is 0.321 e. The van der Waals surface area contributed by atoms with Crippen LogP contribution in [0.4, 0.5) is 15.6 Å². The molecule has 2 fully saturated rings. The molecule has 0 radical (unpaired) electrons. The second-order valence-electron chi connectivity index (χ2n) is 11.2. The summed E-state index contributed by atoms with van der Waals surface area (Å²) < 4.78 is 0. The quantitative estimate of drug-likeness (QED) is 0.331. The fourth-order valence-electron chi connectivity index (χ4n) is 5.93. The highest BCUT2D eigenvalue weighted by atomic mass is 32.1. The molecule has 1 aliphatic heterocycles. The van der Waals surface area contributed by atoms with E-state index in [2.05, 4.69) is 10.3 Å². The van der Waals surface area contributed by atoms with E-state index in [1.165, 1.54) is 11.3 Å². The van der Waals surface area contributed by atoms with Crippen LogP contribution in [0.1, 0.15) is 57.1 Å². The number of carbonyl (C=O) groups excluding carboxylic acids is 2. The van der Waals surface area contributed by atoms with Crippen LogP contribution < -0.4 is 10.2 Å². The minimum Gasteiger partial charge on any atom is -0.481 e. The molecule has 3 heterocycles. The van der Waals surface area contributed by atoms with E-state index in [-0.39, 0.29) is 24.4 Å². The highest BCUT2D eigenvalue weighted by Crippen LogP contribution is 2.41. The molecule has 2 aromatic heterocycles. The summed E-state index contributed by atoms with van der Waals surface area (Å²) in [6.45, 7) is 0.452. The van der Waals surface area contributed by atoms with E-state index in [4.69, 9.17) is 4.98 Å². The zero-order valence-corrected chi connectivity index (χ0v) is 23.3. The third-order valence-corrected chi connectivity index (χ3v) is 9.01. The summed E-state index contributed by atoms with van der Waals surface area (Å²) in [6, 6.07) is 9.76. The number of fused-ring (bicyclic) bond motifs is 1. The molecule has 9 nitrogen and oxygen atoms in total. The van der Waals surface area contributed by atoms with Crippen LogP contribution in [0.2, 0.25) is 0 Å². The second kappa shape index (κ2) is 11.0. The molecule has 10 heteroatoms. The van der Waals surface area contributed by atoms with Crippen LogP contribution in [0.25, 0.3) is 22.4 Å². The van der Waals surface area contributed by atoms with Crippen LogP contribution in [-0.4, -0.2) is 51.0 Å². The molecule has 2 saturated carbocycles. The monoisotopic (exact) mass is 559 g/mol. The first-order valence-electron chi connectivity index (χ1n) is 14.0. The van der Waals surface area contributed by atoms with Crippen LogP contribution in [0.5, 0.6) is 0 Å². The zero-order chi connectivity index (χ0) is 27.8. The Labute approximate surface area is 237 Å². The number of nitrogens with zero attached hydrogens (tertiary/aromatic N) is 4. The van der Waals surface area contributed by atoms with E-state index in [0.29, 0.717) is 29.7 Å². The molecular weight excluding hydrogens is 526 g/mol. The molecule has 2 aliphatic carbocycles. The second-order valence-corrected chi connectivity index (χ2v) is 12.0. The fraction of sp³-hybridized carbons (Fsp3) is 0.433. The first-order valence-corrected chi connectivity index (χ1v) is 14.9. The van der Waals surface area contributed by atoms with Crippen molar-refractivity contribution in [2.75, 3.05) is 17.3 Å². The highest BCUT2D eigenvalue weighted by molar-refractivity contribution is 7.14. The number of urea groups is 1. The van der Waals surface area contributed by atoms with Gasteiger partial charge in [0, 0.05) is 41.7 Å². The Morgan fingerprint density at radius 3 is 2.65 bits per heavy atom. The maximum Gasteiger partial charge on any atom is 0.321 e. The maximum absolute atomic E-state index is 13.9. The summed E-state index contributed by atoms with van der Waals surface area (Å²) in [7, 11) is 1.73. The largest absolute Gasteiger partial charge is 0.481 e. The molecule has 208 valence electrons. The van der Waals surface area contributed by atoms with Crippen molar-refractivity contribution in [3.05, 3.63) is 47.6 Å². The van der Waals surface area contributed by atoms with Crippen LogP contribution in [0, 0.1) is 11.8 Å². The molecule has 40 heavy (non-hydrogen) atoms. The van der Waals surface area contributed by atoms with Crippen LogP contribution in [0.3, 0.4) is 0 Å². The lowest BCUT2D eigenvalue weighted by Crippen LogP contribution is -2.39. The summed E-state index contributed by atoms with van der Waals surface area (Å²) >= 11 is 1.42. The van der Waals surface area contributed by atoms with E-state index in [0.717, 1.165) is 66.6 Å². The van der Waals surface area contributed by atoms with Gasteiger partial charge in [0.15, 0.2) is 5.13 Å². The van der Waals surface area contributed by atoms with Crippen molar-refractivity contribution < 1.29 is 19.5 Å². The van der Waals surface area contributed by atoms with Gasteiger partial charge in [0.25, 0.3) is 0 Å². The van der Waals surface area contributed by atoms with Gasteiger partial charge in [-0.3, -0.25) is 19.5 Å². The van der Waals surface area contributed by atoms with Crippen molar-refractivity contribution in [3.8, 4) is 22.4 Å². The SMILES string of the molecule is CN1Cc2ncc(-c3ccccc3-c3csc(N(C(=O)[C@@H](CC(=O)O)CC4CCCC4)C4CC4)n3)cc2NC1=O. The predicted octanol–water partition coefficient (Wildman–Crippen LogP) is 6.02. The molecule has 0 saturated heterocycles. The van der Waals surface area contributed by atoms with Crippen molar-refractivity contribution in [2.24, 2.45) is 11.8 Å². The van der Waals surface area contributed by atoms with Crippen molar-refractivity contribution in [1.82, 2.24) is 14.9 Å². The Hall–Kier alpha value is -3.79. The number of anilines is 2. The van der Waals surface area contributed by atoms with Gasteiger partial charge in [-0.15, -0.1) is 11.3 Å². The van der Waals surface area contributed by atoms with Gasteiger partial charge in [-0.2, -0.15) is 0 Å². The highest BCUT2D eigenvalue weighted by Gasteiger charge is 2.40. The summed E-state index contributed by atoms with van der Waals surface area (Å²) in [5.41, 5.74) is 4.96. The molecule has 1 aromatic carbocycles. The van der Waals surface area contributed by atoms with Gasteiger partial charge in [0.05, 0.1) is 30.0 Å². The van der Waals surface area contributed by atoms with Gasteiger partial charge in [-0.05, 0) is 36.8 Å². The molecule has 3 aromatic rings. The van der Waals surface area contributed by atoms with Gasteiger partial charge in [-0.25, -0.2) is 9.78 Å². The Morgan fingerprint density at radius 1 is 1.18 bits per heavy atom. The third-order valence-electron chi connectivity index (χ3n) is 8.17. The molecule has 1 atom stereocenters. The number of pyridine rings is 1. The van der Waals surface area contributed by atoms with Crippen molar-refractivity contribution in [1.29, 1.82) is 0 Å². The summed E-state index contributed by atoms with van der Waals surface area (Å²) in [5.74, 6) is -1.15. The number of thiazole rings is 1. The topological polar surface area (TPSA) is 116 Å². The predicted molar refractivity (Wildman–Crippen MR) is 154 cm³/mol. The minimum absolute atomic E-state index is 0.0770. The van der Waals surface area contributed by atoms with E-state index in [1.54, 1.807) is 16.8 Å². The van der Waals surface area contributed by atoms with Crippen molar-refractivity contribution >= 4 is 40.1 Å². The number of rotatable bonds is 9. The number of carbonyl (C=O) groups is 3. The number of amides is 3. The number of aliphatic carboxylic acids is 1. The number of benzene rings is 1. The average Bonchev–Trinajstić information content (AvgIpc) is 3.41. The molecule has 0 unspecified atom stereocenters. The van der Waals surface area contributed by atoms with Gasteiger partial charge < -0.3 is 15.3 Å². The van der Waals surface area contributed by atoms with Crippen molar-refractivity contribution in [3.63, 3.8) is 0 Å². The molecule has 0 bridgehead atoms. The molecule has 6 rings (SSSR count). The number of aromatic nitrogens is 2. The van der Waals surface area contributed by atoms with E-state index >= 15 is 0 Å². The standard InChI is InChI=1S/C30H33N5O4S/c1-34-16-25-24(32-29(34)39)13-20(15-31-25)22-8-4-5-9-23(22)26-17-40-30(33-26)35(21-10-11-21)28(38)19(14-27(36)37)12-18-6-2-3-7-18/h4-5,8-9,13,15,17-19,21H,2-3,6-7,10-12,14,16H2,1H3,(H,32,39)(H,36,37)/t19-/m1/s1. The van der Waals surface area contributed by atoms with Gasteiger partial charge in [-0.1, -0.05) is 49.9 Å².